The summed E-state index contributed by atoms with van der Waals surface area (Å²) in [5.74, 6) is 0. The number of halogens is 3. The van der Waals surface area contributed by atoms with Crippen molar-refractivity contribution < 1.29 is 18.0 Å². The van der Waals surface area contributed by atoms with Crippen LogP contribution in [-0.4, -0.2) is 46.0 Å². The van der Waals surface area contributed by atoms with Gasteiger partial charge in [-0.1, -0.05) is 30.3 Å². The van der Waals surface area contributed by atoms with Gasteiger partial charge in [-0.05, 0) is 25.3 Å². The summed E-state index contributed by atoms with van der Waals surface area (Å²) in [6, 6.07) is 8.23. The van der Waals surface area contributed by atoms with Gasteiger partial charge < -0.3 is 10.2 Å². The molecule has 140 valence electrons. The van der Waals surface area contributed by atoms with Crippen LogP contribution >= 0.6 is 0 Å². The first kappa shape index (κ1) is 18.3. The molecule has 1 aromatic heterocycles. The second-order valence-corrected chi connectivity index (χ2v) is 6.38. The summed E-state index contributed by atoms with van der Waals surface area (Å²) in [5, 5.41) is 6.33. The average Bonchev–Trinajstić information content (AvgIpc) is 3.10. The molecule has 5 nitrogen and oxygen atoms in total. The zero-order chi connectivity index (χ0) is 18.6. The lowest BCUT2D eigenvalue weighted by molar-refractivity contribution is -0.157. The summed E-state index contributed by atoms with van der Waals surface area (Å²) in [7, 11) is 0. The predicted octanol–water partition coefficient (Wildman–Crippen LogP) is 3.68. The standard InChI is InChI=1S/C18H21F3N4O/c19-18(20,21)16(22-17(26)24-10-5-2-6-11-24)13-25-12-9-15(23-25)14-7-3-1-4-8-14/h1,3-4,7-9,12,16H,2,5-6,10-11,13H2,(H,22,26). The van der Waals surface area contributed by atoms with Gasteiger partial charge in [-0.3, -0.25) is 4.68 Å². The summed E-state index contributed by atoms with van der Waals surface area (Å²) in [6.45, 7) is 0.530. The fourth-order valence-electron chi connectivity index (χ4n) is 2.98. The lowest BCUT2D eigenvalue weighted by Crippen LogP contribution is -2.53. The second kappa shape index (κ2) is 7.80. The van der Waals surface area contributed by atoms with Crippen LogP contribution in [0.25, 0.3) is 11.3 Å². The molecule has 0 spiro atoms. The molecule has 0 bridgehead atoms. The Balaban J connectivity index is 1.69. The Hall–Kier alpha value is -2.51. The number of hydrogen-bond donors (Lipinski definition) is 1. The van der Waals surface area contributed by atoms with E-state index in [1.165, 1.54) is 15.8 Å². The van der Waals surface area contributed by atoms with Crippen molar-refractivity contribution in [3.8, 4) is 11.3 Å². The largest absolute Gasteiger partial charge is 0.410 e. The average molecular weight is 366 g/mol. The molecule has 0 radical (unpaired) electrons. The van der Waals surface area contributed by atoms with Crippen LogP contribution in [-0.2, 0) is 6.54 Å². The van der Waals surface area contributed by atoms with Crippen LogP contribution in [0.5, 0.6) is 0 Å². The smallest absolute Gasteiger partial charge is 0.325 e. The number of aromatic nitrogens is 2. The maximum atomic E-state index is 13.4. The molecule has 0 saturated carbocycles. The molecule has 1 unspecified atom stereocenters. The Bertz CT molecular complexity index is 724. The fourth-order valence-corrected chi connectivity index (χ4v) is 2.98. The summed E-state index contributed by atoms with van der Waals surface area (Å²) in [4.78, 5) is 13.6. The van der Waals surface area contributed by atoms with Gasteiger partial charge in [-0.15, -0.1) is 0 Å². The van der Waals surface area contributed by atoms with Crippen LogP contribution in [0, 0.1) is 0 Å². The van der Waals surface area contributed by atoms with Crippen LogP contribution in [0.3, 0.4) is 0 Å². The number of carbonyl (C=O) groups is 1. The van der Waals surface area contributed by atoms with E-state index in [1.807, 2.05) is 30.3 Å². The van der Waals surface area contributed by atoms with Crippen molar-refractivity contribution in [2.75, 3.05) is 13.1 Å². The topological polar surface area (TPSA) is 50.2 Å². The van der Waals surface area contributed by atoms with E-state index >= 15 is 0 Å². The highest BCUT2D eigenvalue weighted by Crippen LogP contribution is 2.23. The minimum atomic E-state index is -4.55. The molecule has 8 heteroatoms. The molecular weight excluding hydrogens is 345 g/mol. The Kier molecular flexibility index (Phi) is 5.49. The van der Waals surface area contributed by atoms with E-state index in [-0.39, 0.29) is 0 Å². The number of nitrogens with zero attached hydrogens (tertiary/aromatic N) is 3. The van der Waals surface area contributed by atoms with Crippen molar-refractivity contribution >= 4 is 6.03 Å². The second-order valence-electron chi connectivity index (χ2n) is 6.38. The fraction of sp³-hybridized carbons (Fsp3) is 0.444. The lowest BCUT2D eigenvalue weighted by atomic mass is 10.1. The van der Waals surface area contributed by atoms with Crippen molar-refractivity contribution in [1.29, 1.82) is 0 Å². The summed E-state index contributed by atoms with van der Waals surface area (Å²) in [6.07, 6.45) is -0.409. The first-order valence-corrected chi connectivity index (χ1v) is 8.64. The Morgan fingerprint density at radius 2 is 1.81 bits per heavy atom. The molecule has 1 aromatic carbocycles. The third kappa shape index (κ3) is 4.56. The van der Waals surface area contributed by atoms with Crippen molar-refractivity contribution in [3.63, 3.8) is 0 Å². The van der Waals surface area contributed by atoms with E-state index < -0.39 is 24.8 Å². The molecule has 3 rings (SSSR count). The summed E-state index contributed by atoms with van der Waals surface area (Å²) >= 11 is 0. The predicted molar refractivity (Wildman–Crippen MR) is 91.5 cm³/mol. The van der Waals surface area contributed by atoms with Gasteiger partial charge in [0.15, 0.2) is 0 Å². The van der Waals surface area contributed by atoms with Gasteiger partial charge in [-0.25, -0.2) is 4.79 Å². The molecule has 2 amide bonds. The van der Waals surface area contributed by atoms with E-state index in [2.05, 4.69) is 10.4 Å². The molecule has 1 N–H and O–H groups in total. The van der Waals surface area contributed by atoms with Gasteiger partial charge in [0, 0.05) is 24.8 Å². The lowest BCUT2D eigenvalue weighted by Gasteiger charge is -2.30. The number of alkyl halides is 3. The normalized spacial score (nSPS) is 16.3. The molecule has 26 heavy (non-hydrogen) atoms. The highest BCUT2D eigenvalue weighted by Gasteiger charge is 2.41. The van der Waals surface area contributed by atoms with Crippen LogP contribution in [0.1, 0.15) is 19.3 Å². The third-order valence-corrected chi connectivity index (χ3v) is 4.42. The van der Waals surface area contributed by atoms with E-state index in [0.717, 1.165) is 24.8 Å². The van der Waals surface area contributed by atoms with Crippen LogP contribution in [0.15, 0.2) is 42.6 Å². The summed E-state index contributed by atoms with van der Waals surface area (Å²) in [5.41, 5.74) is 1.42. The number of nitrogens with one attached hydrogen (secondary N) is 1. The van der Waals surface area contributed by atoms with E-state index in [0.29, 0.717) is 18.8 Å². The Labute approximate surface area is 149 Å². The van der Waals surface area contributed by atoms with Crippen LogP contribution in [0.2, 0.25) is 0 Å². The molecule has 2 heterocycles. The quantitative estimate of drug-likeness (QED) is 0.898. The molecule has 1 aliphatic rings. The summed E-state index contributed by atoms with van der Waals surface area (Å²) < 4.78 is 41.4. The minimum Gasteiger partial charge on any atom is -0.325 e. The van der Waals surface area contributed by atoms with Gasteiger partial charge in [0.05, 0.1) is 12.2 Å². The molecule has 1 saturated heterocycles. The molecule has 0 aliphatic carbocycles. The van der Waals surface area contributed by atoms with E-state index in [9.17, 15) is 18.0 Å². The van der Waals surface area contributed by atoms with Gasteiger partial charge in [-0.2, -0.15) is 18.3 Å². The number of hydrogen-bond acceptors (Lipinski definition) is 2. The zero-order valence-corrected chi connectivity index (χ0v) is 14.2. The van der Waals surface area contributed by atoms with Gasteiger partial charge in [0.25, 0.3) is 0 Å². The number of amides is 2. The number of urea groups is 1. The molecule has 2 aromatic rings. The molecule has 1 aliphatic heterocycles. The minimum absolute atomic E-state index is 0.462. The van der Waals surface area contributed by atoms with E-state index in [4.69, 9.17) is 0 Å². The molecule has 1 atom stereocenters. The van der Waals surface area contributed by atoms with Crippen LogP contribution < -0.4 is 5.32 Å². The maximum Gasteiger partial charge on any atom is 0.410 e. The Morgan fingerprint density at radius 3 is 2.46 bits per heavy atom. The van der Waals surface area contributed by atoms with Crippen molar-refractivity contribution in [2.45, 2.75) is 38.0 Å². The van der Waals surface area contributed by atoms with Crippen LogP contribution in [0.4, 0.5) is 18.0 Å². The highest BCUT2D eigenvalue weighted by atomic mass is 19.4. The Morgan fingerprint density at radius 1 is 1.12 bits per heavy atom. The molecular formula is C18H21F3N4O. The van der Waals surface area contributed by atoms with Gasteiger partial charge >= 0.3 is 12.2 Å². The number of piperidine rings is 1. The van der Waals surface area contributed by atoms with Crippen molar-refractivity contribution in [1.82, 2.24) is 20.0 Å². The SMILES string of the molecule is O=C(NC(Cn1ccc(-c2ccccc2)n1)C(F)(F)F)N1CCCCC1. The number of likely N-dealkylation sites (tertiary alicyclic amines) is 1. The highest BCUT2D eigenvalue weighted by molar-refractivity contribution is 5.74. The zero-order valence-electron chi connectivity index (χ0n) is 14.2. The molecule has 1 fully saturated rings. The number of benzene rings is 1. The number of carbonyl (C=O) groups excluding carboxylic acids is 1. The first-order chi connectivity index (χ1) is 12.4. The van der Waals surface area contributed by atoms with Crippen molar-refractivity contribution in [3.05, 3.63) is 42.6 Å². The van der Waals surface area contributed by atoms with Gasteiger partial charge in [0.2, 0.25) is 0 Å². The van der Waals surface area contributed by atoms with E-state index in [1.54, 1.807) is 6.07 Å². The third-order valence-electron chi connectivity index (χ3n) is 4.42. The van der Waals surface area contributed by atoms with Crippen molar-refractivity contribution in [2.24, 2.45) is 0 Å². The number of rotatable bonds is 4. The monoisotopic (exact) mass is 366 g/mol. The first-order valence-electron chi connectivity index (χ1n) is 8.64. The van der Waals surface area contributed by atoms with Gasteiger partial charge in [0.1, 0.15) is 6.04 Å². The maximum absolute atomic E-state index is 13.4.